The second-order valence-electron chi connectivity index (χ2n) is 8.53. The summed E-state index contributed by atoms with van der Waals surface area (Å²) in [4.78, 5) is 16.1. The van der Waals surface area contributed by atoms with Gasteiger partial charge in [-0.05, 0) is 37.9 Å². The first-order valence-electron chi connectivity index (χ1n) is 11.3. The quantitative estimate of drug-likeness (QED) is 0.605. The molecule has 2 aliphatic rings. The maximum Gasteiger partial charge on any atom is 0.227 e. The van der Waals surface area contributed by atoms with Crippen LogP contribution in [0, 0.1) is 0 Å². The highest BCUT2D eigenvalue weighted by molar-refractivity contribution is 6.30. The number of hydrogen-bond donors (Lipinski definition) is 1. The van der Waals surface area contributed by atoms with Crippen molar-refractivity contribution in [3.05, 3.63) is 35.1 Å². The molecule has 1 N–H and O–H groups in total. The molecule has 3 heterocycles. The average Bonchev–Trinajstić information content (AvgIpc) is 2.82. The van der Waals surface area contributed by atoms with Gasteiger partial charge in [-0.1, -0.05) is 11.6 Å². The lowest BCUT2D eigenvalue weighted by Gasteiger charge is -2.43. The third kappa shape index (κ3) is 5.57. The SMILES string of the molecule is COc1cc(N2CCC(N3CCN(C)CC3)CC2)c(CCCl)cc1Nc1ncc(Cl)cn1. The third-order valence-corrected chi connectivity index (χ3v) is 6.87. The number of aryl methyl sites for hydroxylation is 1. The highest BCUT2D eigenvalue weighted by Gasteiger charge is 2.28. The first kappa shape index (κ1) is 23.4. The fourth-order valence-corrected chi connectivity index (χ4v) is 4.93. The summed E-state index contributed by atoms with van der Waals surface area (Å²) >= 11 is 12.1. The fourth-order valence-electron chi connectivity index (χ4n) is 4.63. The summed E-state index contributed by atoms with van der Waals surface area (Å²) < 4.78 is 5.72. The van der Waals surface area contributed by atoms with Crippen molar-refractivity contribution in [2.75, 3.05) is 69.5 Å². The summed E-state index contributed by atoms with van der Waals surface area (Å²) in [5.74, 6) is 1.80. The van der Waals surface area contributed by atoms with Crippen LogP contribution in [-0.4, -0.2) is 85.1 Å². The van der Waals surface area contributed by atoms with Gasteiger partial charge in [0.15, 0.2) is 0 Å². The first-order chi connectivity index (χ1) is 15.6. The van der Waals surface area contributed by atoms with E-state index >= 15 is 0 Å². The van der Waals surface area contributed by atoms with Crippen molar-refractivity contribution in [3.8, 4) is 5.75 Å². The number of hydrogen-bond acceptors (Lipinski definition) is 7. The Labute approximate surface area is 200 Å². The van der Waals surface area contributed by atoms with Crippen LogP contribution in [0.25, 0.3) is 0 Å². The molecule has 0 amide bonds. The highest BCUT2D eigenvalue weighted by Crippen LogP contribution is 2.37. The van der Waals surface area contributed by atoms with Gasteiger partial charge in [-0.2, -0.15) is 0 Å². The van der Waals surface area contributed by atoms with Gasteiger partial charge in [-0.25, -0.2) is 9.97 Å². The van der Waals surface area contributed by atoms with E-state index < -0.39 is 0 Å². The van der Waals surface area contributed by atoms with Crippen LogP contribution in [-0.2, 0) is 6.42 Å². The average molecular weight is 479 g/mol. The second kappa shape index (κ2) is 10.9. The molecule has 0 bridgehead atoms. The Morgan fingerprint density at radius 2 is 1.75 bits per heavy atom. The van der Waals surface area contributed by atoms with Crippen LogP contribution < -0.4 is 15.0 Å². The Balaban J connectivity index is 1.50. The summed E-state index contributed by atoms with van der Waals surface area (Å²) in [5, 5.41) is 3.76. The van der Waals surface area contributed by atoms with Crippen LogP contribution in [0.15, 0.2) is 24.5 Å². The molecule has 7 nitrogen and oxygen atoms in total. The molecule has 174 valence electrons. The van der Waals surface area contributed by atoms with E-state index in [4.69, 9.17) is 27.9 Å². The number of halogens is 2. The van der Waals surface area contributed by atoms with Gasteiger partial charge in [0, 0.05) is 62.9 Å². The molecule has 4 rings (SSSR count). The van der Waals surface area contributed by atoms with Gasteiger partial charge in [0.2, 0.25) is 5.95 Å². The van der Waals surface area contributed by atoms with Crippen LogP contribution >= 0.6 is 23.2 Å². The molecule has 0 saturated carbocycles. The number of methoxy groups -OCH3 is 1. The molecule has 2 saturated heterocycles. The molecule has 32 heavy (non-hydrogen) atoms. The van der Waals surface area contributed by atoms with Crippen molar-refractivity contribution in [2.24, 2.45) is 0 Å². The molecule has 0 spiro atoms. The molecule has 2 aliphatic heterocycles. The van der Waals surface area contributed by atoms with Gasteiger partial charge < -0.3 is 19.9 Å². The van der Waals surface area contributed by atoms with Gasteiger partial charge in [0.05, 0.1) is 30.2 Å². The Kier molecular flexibility index (Phi) is 7.94. The van der Waals surface area contributed by atoms with E-state index in [0.717, 1.165) is 30.9 Å². The van der Waals surface area contributed by atoms with E-state index in [9.17, 15) is 0 Å². The number of anilines is 3. The predicted molar refractivity (Wildman–Crippen MR) is 132 cm³/mol. The van der Waals surface area contributed by atoms with E-state index in [0.29, 0.717) is 22.9 Å². The second-order valence-corrected chi connectivity index (χ2v) is 9.34. The summed E-state index contributed by atoms with van der Waals surface area (Å²) in [6, 6.07) is 4.92. The minimum Gasteiger partial charge on any atom is -0.494 e. The number of aromatic nitrogens is 2. The zero-order valence-corrected chi connectivity index (χ0v) is 20.4. The van der Waals surface area contributed by atoms with Crippen LogP contribution in [0.4, 0.5) is 17.3 Å². The molecule has 0 unspecified atom stereocenters. The summed E-state index contributed by atoms with van der Waals surface area (Å²) in [6.45, 7) is 6.79. The van der Waals surface area contributed by atoms with E-state index in [1.807, 2.05) is 0 Å². The van der Waals surface area contributed by atoms with Gasteiger partial charge >= 0.3 is 0 Å². The van der Waals surface area contributed by atoms with E-state index in [1.54, 1.807) is 19.5 Å². The first-order valence-corrected chi connectivity index (χ1v) is 12.2. The summed E-state index contributed by atoms with van der Waals surface area (Å²) in [6.07, 6.45) is 6.30. The normalized spacial score (nSPS) is 18.7. The number of nitrogens with zero attached hydrogens (tertiary/aromatic N) is 5. The van der Waals surface area contributed by atoms with Crippen LogP contribution in [0.5, 0.6) is 5.75 Å². The van der Waals surface area contributed by atoms with Crippen LogP contribution in [0.2, 0.25) is 5.02 Å². The van der Waals surface area contributed by atoms with E-state index in [2.05, 4.69) is 49.2 Å². The molecule has 1 aromatic carbocycles. The fraction of sp³-hybridized carbons (Fsp3) is 0.565. The molecule has 1 aromatic heterocycles. The third-order valence-electron chi connectivity index (χ3n) is 6.49. The van der Waals surface area contributed by atoms with E-state index in [-0.39, 0.29) is 0 Å². The molecule has 0 aliphatic carbocycles. The minimum absolute atomic E-state index is 0.477. The Morgan fingerprint density at radius 3 is 2.38 bits per heavy atom. The highest BCUT2D eigenvalue weighted by atomic mass is 35.5. The van der Waals surface area contributed by atoms with E-state index in [1.165, 1.54) is 50.3 Å². The van der Waals surface area contributed by atoms with Gasteiger partial charge in [0.1, 0.15) is 5.75 Å². The van der Waals surface area contributed by atoms with Gasteiger partial charge in [0.25, 0.3) is 0 Å². The topological polar surface area (TPSA) is 56.8 Å². The number of rotatable bonds is 7. The summed E-state index contributed by atoms with van der Waals surface area (Å²) in [7, 11) is 3.90. The number of likely N-dealkylation sites (N-methyl/N-ethyl adjacent to an activating group) is 1. The number of piperazine rings is 1. The monoisotopic (exact) mass is 478 g/mol. The number of piperidine rings is 1. The maximum absolute atomic E-state index is 6.17. The molecule has 2 aromatic rings. The zero-order chi connectivity index (χ0) is 22.5. The number of alkyl halides is 1. The van der Waals surface area contributed by atoms with Crippen molar-refractivity contribution in [3.63, 3.8) is 0 Å². The molecule has 2 fully saturated rings. The van der Waals surface area contributed by atoms with Crippen molar-refractivity contribution < 1.29 is 4.74 Å². The number of benzene rings is 1. The Bertz CT molecular complexity index is 881. The van der Waals surface area contributed by atoms with Crippen LogP contribution in [0.1, 0.15) is 18.4 Å². The molecule has 9 heteroatoms. The lowest BCUT2D eigenvalue weighted by Crippen LogP contribution is -2.52. The lowest BCUT2D eigenvalue weighted by molar-refractivity contribution is 0.0982. The lowest BCUT2D eigenvalue weighted by atomic mass is 9.99. The Hall–Kier alpha value is -1.80. The van der Waals surface area contributed by atoms with Crippen molar-refractivity contribution in [1.29, 1.82) is 0 Å². The summed E-state index contributed by atoms with van der Waals surface area (Å²) in [5.41, 5.74) is 3.24. The largest absolute Gasteiger partial charge is 0.494 e. The van der Waals surface area contributed by atoms with Crippen molar-refractivity contribution in [1.82, 2.24) is 19.8 Å². The smallest absolute Gasteiger partial charge is 0.227 e. The molecule has 0 radical (unpaired) electrons. The van der Waals surface area contributed by atoms with Crippen LogP contribution in [0.3, 0.4) is 0 Å². The van der Waals surface area contributed by atoms with Crippen molar-refractivity contribution >= 4 is 40.5 Å². The molecular formula is C23H32Cl2N6O. The predicted octanol–water partition coefficient (Wildman–Crippen LogP) is 3.88. The Morgan fingerprint density at radius 1 is 1.06 bits per heavy atom. The van der Waals surface area contributed by atoms with Crippen molar-refractivity contribution in [2.45, 2.75) is 25.3 Å². The molecular weight excluding hydrogens is 447 g/mol. The van der Waals surface area contributed by atoms with Gasteiger partial charge in [-0.3, -0.25) is 4.90 Å². The standard InChI is InChI=1S/C23H32Cl2N6O/c1-29-9-11-30(12-10-29)19-4-7-31(8-5-19)21-14-22(32-2)20(13-17(21)3-6-24)28-23-26-15-18(25)16-27-23/h13-16,19H,3-12H2,1-2H3,(H,26,27,28). The number of nitrogens with one attached hydrogen (secondary N) is 1. The zero-order valence-electron chi connectivity index (χ0n) is 18.9. The molecule has 0 atom stereocenters. The number of ether oxygens (including phenoxy) is 1. The maximum atomic E-state index is 6.17. The van der Waals surface area contributed by atoms with Gasteiger partial charge in [-0.15, -0.1) is 11.6 Å². The minimum atomic E-state index is 0.477.